The molecule has 0 bridgehead atoms. The van der Waals surface area contributed by atoms with Gasteiger partial charge in [-0.2, -0.15) is 218 Å². The van der Waals surface area contributed by atoms with E-state index in [-0.39, 0.29) is 147 Å². The second kappa shape index (κ2) is 45.8. The minimum Gasteiger partial charge on any atom is -0.479 e. The number of hydrogen-bond donors (Lipinski definition) is 0. The molecule has 0 aromatic heterocycles. The molecular formula is C84H94O6Y4-8. The van der Waals surface area contributed by atoms with Crippen molar-refractivity contribution in [2.45, 2.75) is 158 Å². The third kappa shape index (κ3) is 20.5. The van der Waals surface area contributed by atoms with Crippen molar-refractivity contribution in [3.8, 4) is 34.5 Å². The summed E-state index contributed by atoms with van der Waals surface area (Å²) in [5.41, 5.74) is 6.10. The van der Waals surface area contributed by atoms with Crippen LogP contribution in [0.15, 0.2) is 243 Å². The van der Waals surface area contributed by atoms with Crippen molar-refractivity contribution in [1.82, 2.24) is 0 Å². The number of ether oxygens (including phenoxy) is 6. The standard InChI is InChI=1S/C16H14O2.2C16H12O2.4C6H5.6C2H6.4Y/c3*1-15-11-7-3-5-9-13(11)17-16(15,2)18-14-10-6-4-8-12(14)15;4*1-2-4-6-5-3-1;6*1-2;;;;/h3-10H,1-2H3;2*5-10H,1-2H3;4*1-5H;6*1-2H3;;;;/q;2*-2;4*-1;;;;;;;;;;. The fraction of sp³-hybridized carbons (Fsp3) is 0.286. The summed E-state index contributed by atoms with van der Waals surface area (Å²) in [6.45, 7) is 36.5. The van der Waals surface area contributed by atoms with Gasteiger partial charge in [0.1, 0.15) is 16.9 Å². The van der Waals surface area contributed by atoms with Crippen LogP contribution in [0.1, 0.15) is 158 Å². The van der Waals surface area contributed by atoms with E-state index in [1.807, 2.05) is 322 Å². The molecule has 4 radical (unpaired) electrons. The molecular weight excluding hydrogens is 1460 g/mol. The van der Waals surface area contributed by atoms with Crippen LogP contribution in [0.4, 0.5) is 0 Å². The van der Waals surface area contributed by atoms with E-state index < -0.39 is 17.4 Å². The average Bonchev–Trinajstić information content (AvgIpc) is 1.56. The van der Waals surface area contributed by atoms with Crippen molar-refractivity contribution >= 4 is 0 Å². The van der Waals surface area contributed by atoms with E-state index in [0.29, 0.717) is 0 Å². The Morgan fingerprint density at radius 1 is 0.202 bits per heavy atom. The number of fused-ring (bicyclic) bond motifs is 15. The molecule has 10 aromatic rings. The summed E-state index contributed by atoms with van der Waals surface area (Å²) in [5.74, 6) is 3.39. The normalized spacial score (nSPS) is 20.2. The Balaban J connectivity index is 0.00000109. The molecule has 486 valence electrons. The summed E-state index contributed by atoms with van der Waals surface area (Å²) in [7, 11) is 0. The first-order valence-corrected chi connectivity index (χ1v) is 31.9. The fourth-order valence-electron chi connectivity index (χ4n) is 10.7. The molecule has 0 aliphatic carbocycles. The van der Waals surface area contributed by atoms with Gasteiger partial charge in [0.15, 0.2) is 0 Å². The van der Waals surface area contributed by atoms with E-state index in [2.05, 4.69) is 93.6 Å². The summed E-state index contributed by atoms with van der Waals surface area (Å²) in [6.07, 6.45) is 0. The Morgan fingerprint density at radius 2 is 0.383 bits per heavy atom. The van der Waals surface area contributed by atoms with Crippen LogP contribution in [0.2, 0.25) is 0 Å². The van der Waals surface area contributed by atoms with E-state index in [0.717, 1.165) is 56.8 Å². The molecule has 0 spiro atoms. The summed E-state index contributed by atoms with van der Waals surface area (Å²) in [5, 5.41) is 0. The average molecular weight is 1560 g/mol. The van der Waals surface area contributed by atoms with Gasteiger partial charge in [-0.1, -0.05) is 133 Å². The number of para-hydroxylation sites is 2. The van der Waals surface area contributed by atoms with E-state index in [4.69, 9.17) is 28.4 Å². The molecule has 6 nitrogen and oxygen atoms in total. The Labute approximate surface area is 668 Å². The monoisotopic (exact) mass is 1550 g/mol. The predicted octanol–water partition coefficient (Wildman–Crippen LogP) is 21.8. The van der Waals surface area contributed by atoms with Gasteiger partial charge in [-0.3, -0.25) is 0 Å². The van der Waals surface area contributed by atoms with Gasteiger partial charge < -0.3 is 28.4 Å². The van der Waals surface area contributed by atoms with Crippen LogP contribution >= 0.6 is 0 Å². The molecule has 10 heteroatoms. The van der Waals surface area contributed by atoms with E-state index in [1.54, 1.807) is 0 Å². The zero-order valence-corrected chi connectivity index (χ0v) is 70.2. The molecule has 6 aliphatic heterocycles. The molecule has 0 unspecified atom stereocenters. The van der Waals surface area contributed by atoms with Gasteiger partial charge in [0.05, 0.1) is 0 Å². The van der Waals surface area contributed by atoms with Gasteiger partial charge in [0, 0.05) is 197 Å². The first kappa shape index (κ1) is 89.4. The van der Waals surface area contributed by atoms with Crippen LogP contribution in [0.5, 0.6) is 34.5 Å². The van der Waals surface area contributed by atoms with Gasteiger partial charge in [-0.05, 0) is 19.1 Å². The molecule has 0 fully saturated rings. The largest absolute Gasteiger partial charge is 0.479 e. The molecule has 6 aliphatic rings. The molecule has 0 saturated carbocycles. The van der Waals surface area contributed by atoms with Crippen LogP contribution in [0, 0.1) is 48.5 Å². The topological polar surface area (TPSA) is 55.4 Å². The first-order chi connectivity index (χ1) is 44.0. The Hall–Kier alpha value is -4.58. The SMILES string of the molecule is CC.CC.CC.CC.CC.CC.CC12Oc3cc[c-]cc3C1(C)c1c[c-]ccc1O2.CC12Oc3cc[c-]cc3C1(C)c1c[c-]ccc1O2.CC12Oc3ccccc3C1(C)c1ccccc1O2.[Y].[Y].[Y].[Y].[c-]1ccccc1.[c-]1ccccc1.[c-]1ccccc1.[c-]1ccccc1. The molecule has 6 heterocycles. The van der Waals surface area contributed by atoms with Crippen molar-refractivity contribution in [3.63, 3.8) is 0 Å². The molecule has 0 atom stereocenters. The van der Waals surface area contributed by atoms with Crippen molar-refractivity contribution in [2.75, 3.05) is 0 Å². The van der Waals surface area contributed by atoms with Crippen molar-refractivity contribution in [1.29, 1.82) is 0 Å². The second-order valence-electron chi connectivity index (χ2n) is 19.8. The van der Waals surface area contributed by atoms with E-state index in [1.165, 1.54) is 11.1 Å². The van der Waals surface area contributed by atoms with Crippen LogP contribution in [-0.2, 0) is 147 Å². The Morgan fingerprint density at radius 3 is 0.564 bits per heavy atom. The smallest absolute Gasteiger partial charge is 0.261 e. The van der Waals surface area contributed by atoms with Crippen LogP contribution in [0.3, 0.4) is 0 Å². The zero-order valence-electron chi connectivity index (χ0n) is 58.9. The van der Waals surface area contributed by atoms with Crippen molar-refractivity contribution in [2.24, 2.45) is 0 Å². The first-order valence-electron chi connectivity index (χ1n) is 31.9. The van der Waals surface area contributed by atoms with Gasteiger partial charge in [0.25, 0.3) is 5.79 Å². The Bertz CT molecular complexity index is 2900. The van der Waals surface area contributed by atoms with Crippen LogP contribution < -0.4 is 28.4 Å². The van der Waals surface area contributed by atoms with Gasteiger partial charge in [-0.25, -0.2) is 0 Å². The van der Waals surface area contributed by atoms with Crippen molar-refractivity contribution < 1.29 is 159 Å². The molecule has 0 N–H and O–H groups in total. The van der Waals surface area contributed by atoms with Crippen LogP contribution in [0.25, 0.3) is 0 Å². The minimum atomic E-state index is -0.679. The maximum atomic E-state index is 6.08. The quantitative estimate of drug-likeness (QED) is 0.141. The predicted molar refractivity (Wildman–Crippen MR) is 372 cm³/mol. The van der Waals surface area contributed by atoms with Gasteiger partial charge >= 0.3 is 0 Å². The van der Waals surface area contributed by atoms with E-state index in [9.17, 15) is 0 Å². The maximum Gasteiger partial charge on any atom is 0.261 e. The number of hydrogen-bond acceptors (Lipinski definition) is 6. The number of rotatable bonds is 0. The minimum absolute atomic E-state index is 0. The van der Waals surface area contributed by atoms with E-state index >= 15 is 0 Å². The number of benzene rings is 10. The summed E-state index contributed by atoms with van der Waals surface area (Å²) in [6, 6.07) is 102. The second-order valence-corrected chi connectivity index (χ2v) is 19.8. The summed E-state index contributed by atoms with van der Waals surface area (Å²) >= 11 is 0. The molecule has 10 aromatic carbocycles. The molecule has 16 rings (SSSR count). The Kier molecular flexibility index (Phi) is 43.6. The third-order valence-electron chi connectivity index (χ3n) is 15.3. The third-order valence-corrected chi connectivity index (χ3v) is 15.3. The fourth-order valence-corrected chi connectivity index (χ4v) is 10.7. The maximum absolute atomic E-state index is 6.08. The van der Waals surface area contributed by atoms with Gasteiger partial charge in [0.2, 0.25) is 11.6 Å². The van der Waals surface area contributed by atoms with Gasteiger partial charge in [-0.15, -0.1) is 46.5 Å². The summed E-state index contributed by atoms with van der Waals surface area (Å²) in [4.78, 5) is 0. The zero-order chi connectivity index (χ0) is 66.1. The van der Waals surface area contributed by atoms with Crippen LogP contribution in [-0.4, -0.2) is 17.4 Å². The molecule has 0 saturated heterocycles. The summed E-state index contributed by atoms with van der Waals surface area (Å²) < 4.78 is 36.4. The molecule has 94 heavy (non-hydrogen) atoms. The molecule has 0 amide bonds. The van der Waals surface area contributed by atoms with Crippen molar-refractivity contribution in [3.05, 3.63) is 325 Å².